The smallest absolute Gasteiger partial charge is 0.408 e. The van der Waals surface area contributed by atoms with Crippen LogP contribution >= 0.6 is 0 Å². The third-order valence-electron chi connectivity index (χ3n) is 8.12. The van der Waals surface area contributed by atoms with Crippen molar-refractivity contribution in [2.45, 2.75) is 53.2 Å². The summed E-state index contributed by atoms with van der Waals surface area (Å²) in [7, 11) is 0. The molecule has 0 unspecified atom stereocenters. The predicted octanol–water partition coefficient (Wildman–Crippen LogP) is 4.53. The largest absolute Gasteiger partial charge is 0.445 e. The molecule has 248 valence electrons. The number of fused-ring (bicyclic) bond motifs is 1. The van der Waals surface area contributed by atoms with E-state index < -0.39 is 29.8 Å². The molecule has 2 heterocycles. The molecule has 0 spiro atoms. The molecule has 1 aliphatic rings. The third kappa shape index (κ3) is 8.20. The van der Waals surface area contributed by atoms with Gasteiger partial charge in [-0.15, -0.1) is 0 Å². The van der Waals surface area contributed by atoms with Crippen LogP contribution in [0.1, 0.15) is 65.1 Å². The lowest BCUT2D eigenvalue weighted by molar-refractivity contribution is -0.125. The molecule has 12 heteroatoms. The van der Waals surface area contributed by atoms with Crippen LogP contribution in [0, 0.1) is 19.7 Å². The molecule has 11 nitrogen and oxygen atoms in total. The van der Waals surface area contributed by atoms with Crippen LogP contribution in [0.25, 0.3) is 11.6 Å². The molecular formula is C35H40FN5O6. The van der Waals surface area contributed by atoms with E-state index in [1.165, 1.54) is 12.1 Å². The molecule has 0 saturated carbocycles. The molecule has 0 fully saturated rings. The number of carbonyl (C=O) groups excluding carboxylic acids is 5. The molecule has 1 aromatic heterocycles. The highest BCUT2D eigenvalue weighted by Crippen LogP contribution is 2.39. The number of nitrogens with one attached hydrogen (secondary N) is 3. The summed E-state index contributed by atoms with van der Waals surface area (Å²) in [4.78, 5) is 71.0. The molecule has 2 aromatic carbocycles. The average Bonchev–Trinajstić information content (AvgIpc) is 3.50. The minimum Gasteiger partial charge on any atom is -0.445 e. The molecule has 1 atom stereocenters. The van der Waals surface area contributed by atoms with Gasteiger partial charge < -0.3 is 30.0 Å². The molecule has 4 rings (SSSR count). The summed E-state index contributed by atoms with van der Waals surface area (Å²) in [5, 5.41) is 5.42. The van der Waals surface area contributed by atoms with E-state index in [1.807, 2.05) is 6.07 Å². The van der Waals surface area contributed by atoms with Gasteiger partial charge in [0.2, 0.25) is 0 Å². The number of H-pyrrole nitrogens is 1. The van der Waals surface area contributed by atoms with Crippen molar-refractivity contribution in [3.05, 3.63) is 88.0 Å². The zero-order valence-corrected chi connectivity index (χ0v) is 27.0. The lowest BCUT2D eigenvalue weighted by Crippen LogP contribution is -2.49. The van der Waals surface area contributed by atoms with Crippen molar-refractivity contribution in [3.63, 3.8) is 0 Å². The Hall–Kier alpha value is -5.10. The summed E-state index contributed by atoms with van der Waals surface area (Å²) in [6.45, 7) is 10.4. The van der Waals surface area contributed by atoms with Gasteiger partial charge in [-0.25, -0.2) is 14.1 Å². The lowest BCUT2D eigenvalue weighted by atomic mass is 10.0. The number of alkyl carbamates (subject to hydrolysis) is 1. The van der Waals surface area contributed by atoms with Crippen molar-refractivity contribution in [1.82, 2.24) is 20.5 Å². The van der Waals surface area contributed by atoms with E-state index in [1.54, 1.807) is 38.1 Å². The lowest BCUT2D eigenvalue weighted by Gasteiger charge is -2.23. The fourth-order valence-corrected chi connectivity index (χ4v) is 5.54. The van der Waals surface area contributed by atoms with Crippen LogP contribution in [0.2, 0.25) is 0 Å². The normalized spacial score (nSPS) is 13.9. The number of rotatable bonds is 14. The zero-order chi connectivity index (χ0) is 34.1. The number of ether oxygens (including phenoxy) is 1. The Morgan fingerprint density at radius 3 is 2.49 bits per heavy atom. The average molecular weight is 646 g/mol. The number of amides is 4. The van der Waals surface area contributed by atoms with Gasteiger partial charge >= 0.3 is 6.09 Å². The first-order valence-corrected chi connectivity index (χ1v) is 15.6. The van der Waals surface area contributed by atoms with Gasteiger partial charge in [-0.2, -0.15) is 0 Å². The van der Waals surface area contributed by atoms with E-state index in [0.29, 0.717) is 41.9 Å². The SMILES string of the molecule is CCN(CC)CCNC(=O)c1c(C)[nH]c(/C=C2\C(=O)N(C(=O)[C@H](CCC=O)NC(=O)OCc3ccccc3)c3ccc(F)cc32)c1C. The van der Waals surface area contributed by atoms with Gasteiger partial charge in [0.05, 0.1) is 16.8 Å². The number of imide groups is 1. The molecule has 4 amide bonds. The topological polar surface area (TPSA) is 141 Å². The maximum Gasteiger partial charge on any atom is 0.408 e. The first-order valence-electron chi connectivity index (χ1n) is 15.6. The van der Waals surface area contributed by atoms with Gasteiger partial charge in [-0.1, -0.05) is 44.2 Å². The van der Waals surface area contributed by atoms with E-state index in [-0.39, 0.29) is 42.2 Å². The fraction of sp³-hybridized carbons (Fsp3) is 0.343. The number of benzene rings is 2. The second kappa shape index (κ2) is 15.9. The Labute approximate surface area is 273 Å². The highest BCUT2D eigenvalue weighted by atomic mass is 19.1. The van der Waals surface area contributed by atoms with E-state index in [4.69, 9.17) is 4.74 Å². The van der Waals surface area contributed by atoms with Crippen LogP contribution in [0.4, 0.5) is 14.9 Å². The first kappa shape index (κ1) is 34.8. The molecule has 47 heavy (non-hydrogen) atoms. The van der Waals surface area contributed by atoms with Gasteiger partial charge in [0.15, 0.2) is 0 Å². The molecule has 0 saturated heterocycles. The number of anilines is 1. The number of aromatic amines is 1. The second-order valence-corrected chi connectivity index (χ2v) is 11.1. The van der Waals surface area contributed by atoms with E-state index in [2.05, 4.69) is 34.4 Å². The van der Waals surface area contributed by atoms with Crippen molar-refractivity contribution in [2.24, 2.45) is 0 Å². The maximum atomic E-state index is 14.5. The number of carbonyl (C=O) groups is 5. The Bertz CT molecular complexity index is 1660. The van der Waals surface area contributed by atoms with Crippen molar-refractivity contribution < 1.29 is 33.1 Å². The number of hydrogen-bond donors (Lipinski definition) is 3. The Morgan fingerprint density at radius 1 is 1.09 bits per heavy atom. The number of likely N-dealkylation sites (N-methyl/N-ethyl adjacent to an activating group) is 1. The van der Waals surface area contributed by atoms with Gasteiger partial charge in [0.1, 0.15) is 24.8 Å². The van der Waals surface area contributed by atoms with Crippen molar-refractivity contribution in [1.29, 1.82) is 0 Å². The van der Waals surface area contributed by atoms with Crippen LogP contribution in [-0.2, 0) is 25.7 Å². The summed E-state index contributed by atoms with van der Waals surface area (Å²) in [6, 6.07) is 11.2. The van der Waals surface area contributed by atoms with Crippen LogP contribution in [0.5, 0.6) is 0 Å². The van der Waals surface area contributed by atoms with Crippen LogP contribution in [0.3, 0.4) is 0 Å². The minimum absolute atomic E-state index is 0.0199. The number of halogens is 1. The molecule has 0 bridgehead atoms. The zero-order valence-electron chi connectivity index (χ0n) is 27.0. The van der Waals surface area contributed by atoms with Gasteiger partial charge in [0.25, 0.3) is 17.7 Å². The maximum absolute atomic E-state index is 14.5. The minimum atomic E-state index is -1.29. The second-order valence-electron chi connectivity index (χ2n) is 11.1. The summed E-state index contributed by atoms with van der Waals surface area (Å²) < 4.78 is 19.8. The van der Waals surface area contributed by atoms with Crippen LogP contribution in [0.15, 0.2) is 48.5 Å². The summed E-state index contributed by atoms with van der Waals surface area (Å²) in [6.07, 6.45) is 1.03. The number of aldehydes is 1. The predicted molar refractivity (Wildman–Crippen MR) is 176 cm³/mol. The van der Waals surface area contributed by atoms with Crippen molar-refractivity contribution >= 4 is 47.4 Å². The monoisotopic (exact) mass is 645 g/mol. The number of aryl methyl sites for hydroxylation is 1. The molecule has 0 aliphatic carbocycles. The van der Waals surface area contributed by atoms with Crippen LogP contribution < -0.4 is 15.5 Å². The standard InChI is InChI=1S/C35H40FN5O6/c1-5-40(6-2)17-16-37-32(43)31-22(3)29(38-23(31)4)20-27-26-19-25(36)14-15-30(26)41(33(27)44)34(45)28(13-10-18-42)39-35(46)47-21-24-11-8-7-9-12-24/h7-9,11-12,14-15,18-20,28,38H,5-6,10,13,16-17,21H2,1-4H3,(H,37,43)(H,39,46)/b27-20-/t28-/m0/s1. The number of aromatic nitrogens is 1. The highest BCUT2D eigenvalue weighted by molar-refractivity contribution is 6.42. The number of hydrogen-bond acceptors (Lipinski definition) is 7. The molecule has 0 radical (unpaired) electrons. The van der Waals surface area contributed by atoms with Crippen molar-refractivity contribution in [3.8, 4) is 0 Å². The molecule has 3 aromatic rings. The summed E-state index contributed by atoms with van der Waals surface area (Å²) >= 11 is 0. The Kier molecular flexibility index (Phi) is 11.8. The van der Waals surface area contributed by atoms with E-state index in [9.17, 15) is 28.4 Å². The Balaban J connectivity index is 1.59. The van der Waals surface area contributed by atoms with E-state index >= 15 is 0 Å². The van der Waals surface area contributed by atoms with Gasteiger partial charge in [-0.3, -0.25) is 14.4 Å². The van der Waals surface area contributed by atoms with E-state index in [0.717, 1.165) is 35.7 Å². The Morgan fingerprint density at radius 2 is 1.81 bits per heavy atom. The van der Waals surface area contributed by atoms with Crippen LogP contribution in [-0.4, -0.2) is 72.2 Å². The summed E-state index contributed by atoms with van der Waals surface area (Å²) in [5.74, 6) is -2.44. The fourth-order valence-electron chi connectivity index (χ4n) is 5.54. The molecular weight excluding hydrogens is 605 g/mol. The van der Waals surface area contributed by atoms with Crippen molar-refractivity contribution in [2.75, 3.05) is 31.1 Å². The number of nitrogens with zero attached hydrogens (tertiary/aromatic N) is 2. The third-order valence-corrected chi connectivity index (χ3v) is 8.12. The highest BCUT2D eigenvalue weighted by Gasteiger charge is 2.40. The van der Waals surface area contributed by atoms with Gasteiger partial charge in [-0.05, 0) is 68.8 Å². The van der Waals surface area contributed by atoms with Gasteiger partial charge in [0, 0.05) is 36.5 Å². The molecule has 1 aliphatic heterocycles. The first-order chi connectivity index (χ1) is 22.6. The molecule has 3 N–H and O–H groups in total. The quantitative estimate of drug-likeness (QED) is 0.173. The summed E-state index contributed by atoms with van der Waals surface area (Å²) in [5.41, 5.74) is 3.09.